The Morgan fingerprint density at radius 1 is 1.17 bits per heavy atom. The molecule has 0 saturated heterocycles. The van der Waals surface area contributed by atoms with Crippen molar-refractivity contribution < 1.29 is 8.81 Å². The lowest BCUT2D eigenvalue weighted by molar-refractivity contribution is 0.572. The van der Waals surface area contributed by atoms with E-state index in [4.69, 9.17) is 4.42 Å². The standard InChI is InChI=1S/C17H14FN5O/c1-10(11-3-2-4-14(18)8-11)20-17-23-22-16(24-17)12-5-6-15-13(7-12)9-19-21-15/h2-10H,1H3,(H,19,21)(H,20,23)/t10-/m1/s1. The van der Waals surface area contributed by atoms with Crippen LogP contribution in [0.3, 0.4) is 0 Å². The zero-order valence-corrected chi connectivity index (χ0v) is 12.8. The molecule has 7 heteroatoms. The van der Waals surface area contributed by atoms with Gasteiger partial charge < -0.3 is 9.73 Å². The second-order valence-corrected chi connectivity index (χ2v) is 5.51. The lowest BCUT2D eigenvalue weighted by atomic mass is 10.1. The average molecular weight is 323 g/mol. The number of H-pyrrole nitrogens is 1. The third-order valence-electron chi connectivity index (χ3n) is 3.80. The molecular formula is C17H14FN5O. The van der Waals surface area contributed by atoms with E-state index in [0.717, 1.165) is 22.0 Å². The van der Waals surface area contributed by atoms with Crippen LogP contribution < -0.4 is 5.32 Å². The highest BCUT2D eigenvalue weighted by molar-refractivity contribution is 5.82. The van der Waals surface area contributed by atoms with Gasteiger partial charge in [-0.1, -0.05) is 17.2 Å². The number of fused-ring (bicyclic) bond motifs is 1. The van der Waals surface area contributed by atoms with Crippen molar-refractivity contribution in [1.82, 2.24) is 20.4 Å². The van der Waals surface area contributed by atoms with E-state index in [1.807, 2.05) is 31.2 Å². The Morgan fingerprint density at radius 3 is 2.96 bits per heavy atom. The van der Waals surface area contributed by atoms with Crippen LogP contribution in [-0.4, -0.2) is 20.4 Å². The van der Waals surface area contributed by atoms with Crippen LogP contribution in [0.4, 0.5) is 10.4 Å². The summed E-state index contributed by atoms with van der Waals surface area (Å²) in [6.45, 7) is 1.90. The molecule has 4 aromatic rings. The molecule has 2 aromatic heterocycles. The average Bonchev–Trinajstić information content (AvgIpc) is 3.23. The highest BCUT2D eigenvalue weighted by Gasteiger charge is 2.13. The van der Waals surface area contributed by atoms with Crippen LogP contribution >= 0.6 is 0 Å². The Balaban J connectivity index is 1.56. The van der Waals surface area contributed by atoms with Crippen LogP contribution in [0.15, 0.2) is 53.1 Å². The normalized spacial score (nSPS) is 12.4. The summed E-state index contributed by atoms with van der Waals surface area (Å²) < 4.78 is 19.0. The summed E-state index contributed by atoms with van der Waals surface area (Å²) in [4.78, 5) is 0. The molecule has 2 heterocycles. The first kappa shape index (κ1) is 14.4. The number of anilines is 1. The number of aromatic amines is 1. The summed E-state index contributed by atoms with van der Waals surface area (Å²) in [6.07, 6.45) is 1.74. The van der Waals surface area contributed by atoms with Gasteiger partial charge in [-0.2, -0.15) is 5.10 Å². The summed E-state index contributed by atoms with van der Waals surface area (Å²) in [5, 5.41) is 19.0. The van der Waals surface area contributed by atoms with E-state index in [2.05, 4.69) is 25.7 Å². The first-order valence-corrected chi connectivity index (χ1v) is 7.48. The van der Waals surface area contributed by atoms with Crippen molar-refractivity contribution in [3.63, 3.8) is 0 Å². The summed E-state index contributed by atoms with van der Waals surface area (Å²) in [5.41, 5.74) is 2.55. The Hall–Kier alpha value is -3.22. The monoisotopic (exact) mass is 323 g/mol. The highest BCUT2D eigenvalue weighted by atomic mass is 19.1. The number of rotatable bonds is 4. The molecular weight excluding hydrogens is 309 g/mol. The fraction of sp³-hybridized carbons (Fsp3) is 0.118. The largest absolute Gasteiger partial charge is 0.403 e. The maximum absolute atomic E-state index is 13.3. The van der Waals surface area contributed by atoms with E-state index in [9.17, 15) is 4.39 Å². The molecule has 24 heavy (non-hydrogen) atoms. The van der Waals surface area contributed by atoms with Gasteiger partial charge in [-0.25, -0.2) is 4.39 Å². The molecule has 2 aromatic carbocycles. The molecule has 2 N–H and O–H groups in total. The van der Waals surface area contributed by atoms with Crippen molar-refractivity contribution in [2.24, 2.45) is 0 Å². The fourth-order valence-corrected chi connectivity index (χ4v) is 2.52. The van der Waals surface area contributed by atoms with E-state index < -0.39 is 0 Å². The third kappa shape index (κ3) is 2.71. The Labute approximate surface area is 136 Å². The lowest BCUT2D eigenvalue weighted by Crippen LogP contribution is -2.07. The van der Waals surface area contributed by atoms with Crippen molar-refractivity contribution >= 4 is 16.9 Å². The van der Waals surface area contributed by atoms with Crippen molar-refractivity contribution in [3.8, 4) is 11.5 Å². The minimum Gasteiger partial charge on any atom is -0.403 e. The Kier molecular flexibility index (Phi) is 3.45. The minimum absolute atomic E-state index is 0.162. The number of halogens is 1. The number of hydrogen-bond donors (Lipinski definition) is 2. The molecule has 0 aliphatic heterocycles. The van der Waals surface area contributed by atoms with Gasteiger partial charge in [0.1, 0.15) is 5.82 Å². The summed E-state index contributed by atoms with van der Waals surface area (Å²) in [7, 11) is 0. The topological polar surface area (TPSA) is 79.6 Å². The Morgan fingerprint density at radius 2 is 2.08 bits per heavy atom. The zero-order valence-electron chi connectivity index (χ0n) is 12.8. The predicted octanol–water partition coefficient (Wildman–Crippen LogP) is 3.93. The fourth-order valence-electron chi connectivity index (χ4n) is 2.52. The van der Waals surface area contributed by atoms with Crippen LogP contribution in [0.2, 0.25) is 0 Å². The summed E-state index contributed by atoms with van der Waals surface area (Å²) in [5.74, 6) is 0.132. The van der Waals surface area contributed by atoms with Crippen LogP contribution in [0.25, 0.3) is 22.4 Å². The number of aromatic nitrogens is 4. The summed E-state index contributed by atoms with van der Waals surface area (Å²) >= 11 is 0. The van der Waals surface area contributed by atoms with E-state index in [0.29, 0.717) is 5.89 Å². The minimum atomic E-state index is -0.277. The summed E-state index contributed by atoms with van der Waals surface area (Å²) in [6, 6.07) is 12.2. The molecule has 4 rings (SSSR count). The van der Waals surface area contributed by atoms with Crippen LogP contribution in [0, 0.1) is 5.82 Å². The van der Waals surface area contributed by atoms with Crippen LogP contribution in [0.5, 0.6) is 0 Å². The van der Waals surface area contributed by atoms with Crippen molar-refractivity contribution in [1.29, 1.82) is 0 Å². The molecule has 0 fully saturated rings. The first-order valence-electron chi connectivity index (χ1n) is 7.48. The van der Waals surface area contributed by atoms with Gasteiger partial charge in [-0.15, -0.1) is 5.10 Å². The van der Waals surface area contributed by atoms with E-state index in [1.165, 1.54) is 12.1 Å². The molecule has 0 spiro atoms. The lowest BCUT2D eigenvalue weighted by Gasteiger charge is -2.11. The first-order chi connectivity index (χ1) is 11.7. The molecule has 1 atom stereocenters. The maximum Gasteiger partial charge on any atom is 0.316 e. The van der Waals surface area contributed by atoms with E-state index in [1.54, 1.807) is 12.3 Å². The van der Waals surface area contributed by atoms with Gasteiger partial charge in [0.25, 0.3) is 0 Å². The number of hydrogen-bond acceptors (Lipinski definition) is 5. The van der Waals surface area contributed by atoms with Gasteiger partial charge in [0, 0.05) is 10.9 Å². The van der Waals surface area contributed by atoms with Gasteiger partial charge in [0.2, 0.25) is 5.89 Å². The second kappa shape index (κ2) is 5.77. The molecule has 0 bridgehead atoms. The van der Waals surface area contributed by atoms with Gasteiger partial charge in [0.15, 0.2) is 0 Å². The Bertz CT molecular complexity index is 993. The van der Waals surface area contributed by atoms with Gasteiger partial charge in [0.05, 0.1) is 17.8 Å². The molecule has 120 valence electrons. The molecule has 0 radical (unpaired) electrons. The molecule has 0 aliphatic carbocycles. The van der Waals surface area contributed by atoms with E-state index in [-0.39, 0.29) is 17.9 Å². The highest BCUT2D eigenvalue weighted by Crippen LogP contribution is 2.25. The molecule has 0 amide bonds. The third-order valence-corrected chi connectivity index (χ3v) is 3.80. The molecule has 0 aliphatic rings. The zero-order chi connectivity index (χ0) is 16.5. The second-order valence-electron chi connectivity index (χ2n) is 5.51. The SMILES string of the molecule is C[C@@H](Nc1nnc(-c2ccc3[nH]ncc3c2)o1)c1cccc(F)c1. The molecule has 6 nitrogen and oxygen atoms in total. The number of nitrogens with one attached hydrogen (secondary N) is 2. The molecule has 0 saturated carbocycles. The van der Waals surface area contributed by atoms with Crippen molar-refractivity contribution in [3.05, 3.63) is 60.0 Å². The quantitative estimate of drug-likeness (QED) is 0.595. The van der Waals surface area contributed by atoms with Gasteiger partial charge in [-0.3, -0.25) is 5.10 Å². The van der Waals surface area contributed by atoms with E-state index >= 15 is 0 Å². The number of benzene rings is 2. The van der Waals surface area contributed by atoms with Crippen molar-refractivity contribution in [2.45, 2.75) is 13.0 Å². The molecule has 0 unspecified atom stereocenters. The van der Waals surface area contributed by atoms with Crippen molar-refractivity contribution in [2.75, 3.05) is 5.32 Å². The smallest absolute Gasteiger partial charge is 0.316 e. The van der Waals surface area contributed by atoms with Crippen LogP contribution in [-0.2, 0) is 0 Å². The number of nitrogens with zero attached hydrogens (tertiary/aromatic N) is 3. The maximum atomic E-state index is 13.3. The van der Waals surface area contributed by atoms with Crippen LogP contribution in [0.1, 0.15) is 18.5 Å². The van der Waals surface area contributed by atoms with Gasteiger partial charge >= 0.3 is 6.01 Å². The predicted molar refractivity (Wildman–Crippen MR) is 87.8 cm³/mol. The van der Waals surface area contributed by atoms with Gasteiger partial charge in [-0.05, 0) is 42.8 Å².